The maximum absolute atomic E-state index is 9.00. The number of aliphatic hydroxyl groups is 1. The summed E-state index contributed by atoms with van der Waals surface area (Å²) in [7, 11) is 0. The number of aliphatic hydroxyl groups excluding tert-OH is 1. The first-order valence-corrected chi connectivity index (χ1v) is 4.69. The summed E-state index contributed by atoms with van der Waals surface area (Å²) in [6, 6.07) is 0. The van der Waals surface area contributed by atoms with E-state index in [1.807, 2.05) is 4.57 Å². The lowest BCUT2D eigenvalue weighted by Crippen LogP contribution is -2.32. The Morgan fingerprint density at radius 2 is 2.50 bits per heavy atom. The van der Waals surface area contributed by atoms with E-state index in [-0.39, 0.29) is 12.7 Å². The molecule has 1 N–H and O–H groups in total. The van der Waals surface area contributed by atoms with Crippen molar-refractivity contribution in [2.75, 3.05) is 19.8 Å². The normalized spacial score (nSPS) is 22.5. The molecule has 0 saturated carbocycles. The van der Waals surface area contributed by atoms with Crippen molar-refractivity contribution in [3.05, 3.63) is 18.2 Å². The minimum absolute atomic E-state index is 0.00752. The molecule has 1 atom stereocenters. The van der Waals surface area contributed by atoms with Gasteiger partial charge in [-0.2, -0.15) is 0 Å². The molecule has 1 aromatic rings. The van der Waals surface area contributed by atoms with Crippen LogP contribution in [0.4, 0.5) is 0 Å². The molecule has 0 aromatic carbocycles. The predicted molar refractivity (Wildman–Crippen MR) is 48.7 cm³/mol. The zero-order valence-corrected chi connectivity index (χ0v) is 7.93. The van der Waals surface area contributed by atoms with E-state index in [1.54, 1.807) is 12.5 Å². The lowest BCUT2D eigenvalue weighted by Gasteiger charge is -2.23. The third-order valence-corrected chi connectivity index (χ3v) is 2.25. The number of imidazole rings is 1. The third-order valence-electron chi connectivity index (χ3n) is 2.25. The molecule has 2 rings (SSSR count). The maximum atomic E-state index is 9.00. The van der Waals surface area contributed by atoms with Crippen molar-refractivity contribution in [3.63, 3.8) is 0 Å². The molecular weight excluding hydrogens is 184 g/mol. The predicted octanol–water partition coefficient (Wildman–Crippen LogP) is -0.209. The Labute approximate surface area is 82.3 Å². The summed E-state index contributed by atoms with van der Waals surface area (Å²) in [4.78, 5) is 3.97. The van der Waals surface area contributed by atoms with Gasteiger partial charge in [0.25, 0.3) is 0 Å². The van der Waals surface area contributed by atoms with E-state index < -0.39 is 0 Å². The molecule has 5 nitrogen and oxygen atoms in total. The molecule has 14 heavy (non-hydrogen) atoms. The minimum Gasteiger partial charge on any atom is -0.390 e. The molecule has 1 fully saturated rings. The van der Waals surface area contributed by atoms with Gasteiger partial charge >= 0.3 is 0 Å². The van der Waals surface area contributed by atoms with Crippen LogP contribution in [-0.2, 0) is 22.6 Å². The molecule has 1 aromatic heterocycles. The van der Waals surface area contributed by atoms with E-state index in [0.717, 1.165) is 5.69 Å². The molecule has 1 saturated heterocycles. The average molecular weight is 198 g/mol. The summed E-state index contributed by atoms with van der Waals surface area (Å²) in [5.41, 5.74) is 0.805. The standard InChI is InChI=1S/C9H14N2O3/c12-5-8-3-10-7-11(8)4-9-6-13-1-2-14-9/h3,7,9,12H,1-2,4-6H2. The Morgan fingerprint density at radius 1 is 1.57 bits per heavy atom. The number of hydrogen-bond acceptors (Lipinski definition) is 4. The minimum atomic E-state index is 0.00752. The number of ether oxygens (including phenoxy) is 2. The quantitative estimate of drug-likeness (QED) is 0.730. The summed E-state index contributed by atoms with van der Waals surface area (Å²) in [5, 5.41) is 9.00. The fourth-order valence-electron chi connectivity index (χ4n) is 1.51. The highest BCUT2D eigenvalue weighted by Crippen LogP contribution is 2.06. The lowest BCUT2D eigenvalue weighted by molar-refractivity contribution is -0.0939. The van der Waals surface area contributed by atoms with E-state index in [1.165, 1.54) is 0 Å². The van der Waals surface area contributed by atoms with Crippen LogP contribution < -0.4 is 0 Å². The Morgan fingerprint density at radius 3 is 3.21 bits per heavy atom. The van der Waals surface area contributed by atoms with E-state index in [9.17, 15) is 0 Å². The number of rotatable bonds is 3. The van der Waals surface area contributed by atoms with Crippen LogP contribution in [0.15, 0.2) is 12.5 Å². The van der Waals surface area contributed by atoms with Crippen LogP contribution in [0.3, 0.4) is 0 Å². The zero-order chi connectivity index (χ0) is 9.80. The maximum Gasteiger partial charge on any atom is 0.0988 e. The molecule has 0 bridgehead atoms. The van der Waals surface area contributed by atoms with Crippen molar-refractivity contribution in [2.24, 2.45) is 0 Å². The molecule has 0 aliphatic carbocycles. The fraction of sp³-hybridized carbons (Fsp3) is 0.667. The van der Waals surface area contributed by atoms with Gasteiger partial charge in [-0.1, -0.05) is 0 Å². The average Bonchev–Trinajstić information content (AvgIpc) is 2.67. The molecule has 2 heterocycles. The van der Waals surface area contributed by atoms with Crippen LogP contribution in [0.25, 0.3) is 0 Å². The summed E-state index contributed by atoms with van der Waals surface area (Å²) in [6.07, 6.45) is 3.43. The number of aromatic nitrogens is 2. The molecule has 1 aliphatic rings. The van der Waals surface area contributed by atoms with Crippen LogP contribution in [0.1, 0.15) is 5.69 Å². The summed E-state index contributed by atoms with van der Waals surface area (Å²) < 4.78 is 12.7. The van der Waals surface area contributed by atoms with Crippen molar-refractivity contribution in [1.29, 1.82) is 0 Å². The van der Waals surface area contributed by atoms with E-state index >= 15 is 0 Å². The Bertz CT molecular complexity index is 281. The van der Waals surface area contributed by atoms with E-state index in [2.05, 4.69) is 4.98 Å². The van der Waals surface area contributed by atoms with Crippen LogP contribution in [0, 0.1) is 0 Å². The van der Waals surface area contributed by atoms with Crippen molar-refractivity contribution in [3.8, 4) is 0 Å². The first kappa shape index (κ1) is 9.64. The van der Waals surface area contributed by atoms with Gasteiger partial charge in [0.15, 0.2) is 0 Å². The van der Waals surface area contributed by atoms with Crippen LogP contribution in [0.2, 0.25) is 0 Å². The van der Waals surface area contributed by atoms with Crippen molar-refractivity contribution in [2.45, 2.75) is 19.3 Å². The van der Waals surface area contributed by atoms with Crippen LogP contribution >= 0.6 is 0 Å². The van der Waals surface area contributed by atoms with E-state index in [0.29, 0.717) is 26.4 Å². The van der Waals surface area contributed by atoms with Gasteiger partial charge in [-0.05, 0) is 0 Å². The molecule has 0 radical (unpaired) electrons. The van der Waals surface area contributed by atoms with Gasteiger partial charge in [0.05, 0.1) is 57.3 Å². The molecule has 1 unspecified atom stereocenters. The lowest BCUT2D eigenvalue weighted by atomic mass is 10.3. The number of nitrogens with zero attached hydrogens (tertiary/aromatic N) is 2. The van der Waals surface area contributed by atoms with Crippen LogP contribution in [0.5, 0.6) is 0 Å². The molecule has 1 aliphatic heterocycles. The van der Waals surface area contributed by atoms with Gasteiger partial charge < -0.3 is 19.1 Å². The first-order chi connectivity index (χ1) is 6.90. The molecule has 0 spiro atoms. The van der Waals surface area contributed by atoms with Crippen LogP contribution in [-0.4, -0.2) is 40.6 Å². The first-order valence-electron chi connectivity index (χ1n) is 4.69. The molecular formula is C9H14N2O3. The highest BCUT2D eigenvalue weighted by atomic mass is 16.6. The van der Waals surface area contributed by atoms with Gasteiger partial charge in [-0.25, -0.2) is 4.98 Å². The van der Waals surface area contributed by atoms with E-state index in [4.69, 9.17) is 14.6 Å². The second kappa shape index (κ2) is 4.54. The molecule has 78 valence electrons. The Kier molecular flexibility index (Phi) is 3.13. The molecule has 5 heteroatoms. The summed E-state index contributed by atoms with van der Waals surface area (Å²) in [6.45, 7) is 2.63. The monoisotopic (exact) mass is 198 g/mol. The Balaban J connectivity index is 1.95. The van der Waals surface area contributed by atoms with Crippen molar-refractivity contribution < 1.29 is 14.6 Å². The largest absolute Gasteiger partial charge is 0.390 e. The number of hydrogen-bond donors (Lipinski definition) is 1. The summed E-state index contributed by atoms with van der Waals surface area (Å²) >= 11 is 0. The second-order valence-corrected chi connectivity index (χ2v) is 3.26. The van der Waals surface area contributed by atoms with Crippen molar-refractivity contribution in [1.82, 2.24) is 9.55 Å². The third kappa shape index (κ3) is 2.12. The van der Waals surface area contributed by atoms with Gasteiger partial charge in [-0.15, -0.1) is 0 Å². The fourth-order valence-corrected chi connectivity index (χ4v) is 1.51. The SMILES string of the molecule is OCc1cncn1CC1COCCO1. The van der Waals surface area contributed by atoms with Gasteiger partial charge in [-0.3, -0.25) is 0 Å². The Hall–Kier alpha value is -0.910. The highest BCUT2D eigenvalue weighted by molar-refractivity contribution is 4.96. The zero-order valence-electron chi connectivity index (χ0n) is 7.93. The highest BCUT2D eigenvalue weighted by Gasteiger charge is 2.15. The van der Waals surface area contributed by atoms with Crippen molar-refractivity contribution >= 4 is 0 Å². The van der Waals surface area contributed by atoms with Gasteiger partial charge in [0.1, 0.15) is 0 Å². The smallest absolute Gasteiger partial charge is 0.0988 e. The van der Waals surface area contributed by atoms with Gasteiger partial charge in [0, 0.05) is 0 Å². The summed E-state index contributed by atoms with van der Waals surface area (Å²) in [5.74, 6) is 0. The van der Waals surface area contributed by atoms with Gasteiger partial charge in [0.2, 0.25) is 0 Å². The molecule has 0 amide bonds. The topological polar surface area (TPSA) is 56.5 Å². The second-order valence-electron chi connectivity index (χ2n) is 3.26.